The fraction of sp³-hybridized carbons (Fsp3) is 0.486. The summed E-state index contributed by atoms with van der Waals surface area (Å²) in [7, 11) is 0. The monoisotopic (exact) mass is 730 g/mol. The fourth-order valence-electron chi connectivity index (χ4n) is 7.83. The predicted molar refractivity (Wildman–Crippen MR) is 192 cm³/mol. The van der Waals surface area contributed by atoms with Crippen LogP contribution in [0.4, 0.5) is 5.82 Å². The van der Waals surface area contributed by atoms with E-state index in [2.05, 4.69) is 64.3 Å². The number of aromatic nitrogens is 3. The second-order valence-corrected chi connectivity index (χ2v) is 15.1. The molecule has 3 amide bonds. The number of nitrogens with zero attached hydrogens (tertiary/aromatic N) is 6. The number of benzene rings is 1. The van der Waals surface area contributed by atoms with E-state index in [-0.39, 0.29) is 47.6 Å². The SMILES string of the molecule is CC1(C)C(NC(=O)c2ccc(N3CCN(CCCOc4cnn([C@@H]5CCC(=O)NC5=O)c(=O)c4)CC3)nc2)C(C)(C)C1Oc1ccc(C#N)c(Cl)c1. The van der Waals surface area contributed by atoms with Gasteiger partial charge in [0.25, 0.3) is 17.4 Å². The highest BCUT2D eigenvalue weighted by Gasteiger charge is 2.64. The van der Waals surface area contributed by atoms with Gasteiger partial charge >= 0.3 is 0 Å². The smallest absolute Gasteiger partial charge is 0.271 e. The minimum absolute atomic E-state index is 0.158. The summed E-state index contributed by atoms with van der Waals surface area (Å²) in [4.78, 5) is 58.5. The van der Waals surface area contributed by atoms with Crippen molar-refractivity contribution in [3.8, 4) is 17.6 Å². The quantitative estimate of drug-likeness (QED) is 0.219. The Morgan fingerprint density at radius 3 is 2.42 bits per heavy atom. The molecule has 2 saturated heterocycles. The van der Waals surface area contributed by atoms with E-state index in [1.165, 1.54) is 12.3 Å². The number of piperidine rings is 1. The van der Waals surface area contributed by atoms with Crippen molar-refractivity contribution in [3.63, 3.8) is 0 Å². The van der Waals surface area contributed by atoms with Crippen molar-refractivity contribution >= 4 is 35.1 Å². The number of hydrogen-bond acceptors (Lipinski definition) is 11. The predicted octanol–water partition coefficient (Wildman–Crippen LogP) is 3.34. The van der Waals surface area contributed by atoms with Crippen molar-refractivity contribution in [2.75, 3.05) is 44.2 Å². The molecule has 2 aromatic heterocycles. The summed E-state index contributed by atoms with van der Waals surface area (Å²) in [5, 5.41) is 19.1. The fourth-order valence-corrected chi connectivity index (χ4v) is 8.04. The lowest BCUT2D eigenvalue weighted by Gasteiger charge is -2.63. The summed E-state index contributed by atoms with van der Waals surface area (Å²) < 4.78 is 13.2. The molecule has 1 atom stereocenters. The lowest BCUT2D eigenvalue weighted by Crippen LogP contribution is -2.74. The van der Waals surface area contributed by atoms with Gasteiger partial charge in [0.1, 0.15) is 35.5 Å². The molecule has 274 valence electrons. The van der Waals surface area contributed by atoms with E-state index < -0.39 is 17.5 Å². The molecule has 3 fully saturated rings. The van der Waals surface area contributed by atoms with Crippen LogP contribution in [-0.2, 0) is 9.59 Å². The summed E-state index contributed by atoms with van der Waals surface area (Å²) in [6.07, 6.45) is 4.00. The van der Waals surface area contributed by atoms with E-state index in [1.807, 2.05) is 12.1 Å². The van der Waals surface area contributed by atoms with E-state index in [0.29, 0.717) is 34.3 Å². The van der Waals surface area contributed by atoms with Crippen molar-refractivity contribution < 1.29 is 23.9 Å². The molecule has 0 bridgehead atoms. The zero-order chi connectivity index (χ0) is 37.2. The van der Waals surface area contributed by atoms with Crippen LogP contribution in [0.15, 0.2) is 53.6 Å². The van der Waals surface area contributed by atoms with Gasteiger partial charge in [-0.1, -0.05) is 39.3 Å². The Bertz CT molecular complexity index is 1920. The average molecular weight is 731 g/mol. The zero-order valence-electron chi connectivity index (χ0n) is 29.7. The lowest BCUT2D eigenvalue weighted by molar-refractivity contribution is -0.164. The maximum Gasteiger partial charge on any atom is 0.271 e. The molecule has 1 aromatic carbocycles. The second-order valence-electron chi connectivity index (χ2n) is 14.7. The first-order chi connectivity index (χ1) is 24.8. The largest absolute Gasteiger partial charge is 0.492 e. The van der Waals surface area contributed by atoms with Crippen LogP contribution in [0.1, 0.15) is 68.9 Å². The molecule has 0 spiro atoms. The first-order valence-corrected chi connectivity index (χ1v) is 17.8. The van der Waals surface area contributed by atoms with Crippen LogP contribution < -0.4 is 30.6 Å². The van der Waals surface area contributed by atoms with E-state index in [4.69, 9.17) is 21.1 Å². The minimum Gasteiger partial charge on any atom is -0.492 e. The van der Waals surface area contributed by atoms with Crippen molar-refractivity contribution in [3.05, 3.63) is 75.3 Å². The van der Waals surface area contributed by atoms with E-state index in [9.17, 15) is 24.4 Å². The Morgan fingerprint density at radius 2 is 1.79 bits per heavy atom. The van der Waals surface area contributed by atoms with Gasteiger partial charge in [0.2, 0.25) is 5.91 Å². The van der Waals surface area contributed by atoms with Gasteiger partial charge in [0, 0.05) is 74.3 Å². The van der Waals surface area contributed by atoms with Crippen molar-refractivity contribution in [2.24, 2.45) is 10.8 Å². The van der Waals surface area contributed by atoms with Crippen LogP contribution in [0.3, 0.4) is 0 Å². The maximum absolute atomic E-state index is 13.4. The van der Waals surface area contributed by atoms with Gasteiger partial charge < -0.3 is 19.7 Å². The maximum atomic E-state index is 13.4. The number of nitriles is 1. The number of rotatable bonds is 11. The Kier molecular flexibility index (Phi) is 10.6. The number of anilines is 1. The number of halogens is 1. The Hall–Kier alpha value is -5.00. The van der Waals surface area contributed by atoms with Gasteiger partial charge in [-0.25, -0.2) is 9.67 Å². The van der Waals surface area contributed by atoms with Crippen LogP contribution in [-0.4, -0.2) is 88.9 Å². The van der Waals surface area contributed by atoms with Crippen molar-refractivity contribution in [1.29, 1.82) is 5.26 Å². The molecule has 15 heteroatoms. The molecule has 14 nitrogen and oxygen atoms in total. The molecule has 4 heterocycles. The lowest BCUT2D eigenvalue weighted by atomic mass is 9.49. The molecule has 3 aliphatic rings. The number of carbonyl (C=O) groups is 3. The highest BCUT2D eigenvalue weighted by Crippen LogP contribution is 2.55. The molecule has 3 aromatic rings. The number of piperazine rings is 1. The Labute approximate surface area is 307 Å². The van der Waals surface area contributed by atoms with E-state index in [1.54, 1.807) is 24.4 Å². The molecule has 2 aliphatic heterocycles. The summed E-state index contributed by atoms with van der Waals surface area (Å²) >= 11 is 6.22. The van der Waals surface area contributed by atoms with Crippen molar-refractivity contribution in [2.45, 2.75) is 65.1 Å². The number of amides is 3. The number of carbonyl (C=O) groups excluding carboxylic acids is 3. The summed E-state index contributed by atoms with van der Waals surface area (Å²) in [5.41, 5.74) is -0.327. The van der Waals surface area contributed by atoms with Crippen LogP contribution in [0.5, 0.6) is 11.5 Å². The van der Waals surface area contributed by atoms with Crippen LogP contribution >= 0.6 is 11.6 Å². The third kappa shape index (κ3) is 7.61. The highest BCUT2D eigenvalue weighted by atomic mass is 35.5. The van der Waals surface area contributed by atoms with E-state index >= 15 is 0 Å². The molecule has 6 rings (SSSR count). The first kappa shape index (κ1) is 36.8. The topological polar surface area (TPSA) is 172 Å². The third-order valence-electron chi connectivity index (χ3n) is 10.3. The molecule has 52 heavy (non-hydrogen) atoms. The van der Waals surface area contributed by atoms with Crippen LogP contribution in [0.2, 0.25) is 5.02 Å². The van der Waals surface area contributed by atoms with Gasteiger partial charge in [-0.3, -0.25) is 29.4 Å². The van der Waals surface area contributed by atoms with Gasteiger partial charge in [0.15, 0.2) is 0 Å². The average Bonchev–Trinajstić information content (AvgIpc) is 3.12. The number of ether oxygens (including phenoxy) is 2. The molecule has 1 saturated carbocycles. The van der Waals surface area contributed by atoms with Crippen LogP contribution in [0, 0.1) is 22.2 Å². The number of imide groups is 1. The summed E-state index contributed by atoms with van der Waals surface area (Å²) in [6, 6.07) is 11.1. The molecular weight excluding hydrogens is 688 g/mol. The molecule has 0 unspecified atom stereocenters. The minimum atomic E-state index is -0.804. The number of pyridine rings is 1. The number of hydrogen-bond donors (Lipinski definition) is 2. The third-order valence-corrected chi connectivity index (χ3v) is 10.6. The van der Waals surface area contributed by atoms with Gasteiger partial charge in [-0.05, 0) is 37.1 Å². The molecular formula is C37H43ClN8O6. The molecule has 1 aliphatic carbocycles. The Morgan fingerprint density at radius 1 is 1.04 bits per heavy atom. The van der Waals surface area contributed by atoms with Gasteiger partial charge in [0.05, 0.1) is 29.0 Å². The summed E-state index contributed by atoms with van der Waals surface area (Å²) in [6.45, 7) is 12.8. The standard InChI is InChI=1S/C37H43ClN8O6/c1-36(2)34(37(3,4)35(36)52-25-8-6-23(20-39)27(38)18-25)43-32(49)24-7-10-29(40-21-24)45-15-13-44(14-16-45)12-5-17-51-26-19-31(48)46(41-22-26)28-9-11-30(47)42-33(28)50/h6-8,10,18-19,21-22,28,34-35H,5,9,11-17H2,1-4H3,(H,43,49)(H,42,47,50)/t28-,34?,35?/m1/s1. The second kappa shape index (κ2) is 14.9. The normalized spacial score (nSPS) is 22.5. The Balaban J connectivity index is 0.932. The van der Waals surface area contributed by atoms with Crippen molar-refractivity contribution in [1.82, 2.24) is 30.3 Å². The van der Waals surface area contributed by atoms with E-state index in [0.717, 1.165) is 49.6 Å². The summed E-state index contributed by atoms with van der Waals surface area (Å²) in [5.74, 6) is 0.673. The van der Waals surface area contributed by atoms with Gasteiger partial charge in [-0.15, -0.1) is 0 Å². The highest BCUT2D eigenvalue weighted by molar-refractivity contribution is 6.31. The zero-order valence-corrected chi connectivity index (χ0v) is 30.5. The molecule has 0 radical (unpaired) electrons. The van der Waals surface area contributed by atoms with Gasteiger partial charge in [-0.2, -0.15) is 10.4 Å². The number of nitrogens with one attached hydrogen (secondary N) is 2. The van der Waals surface area contributed by atoms with Crippen LogP contribution in [0.25, 0.3) is 0 Å². The molecule has 2 N–H and O–H groups in total. The first-order valence-electron chi connectivity index (χ1n) is 17.4.